The molecule has 0 aliphatic carbocycles. The van der Waals surface area contributed by atoms with Gasteiger partial charge < -0.3 is 5.32 Å². The smallest absolute Gasteiger partial charge is 0.131 e. The predicted octanol–water partition coefficient (Wildman–Crippen LogP) is 4.36. The third-order valence-corrected chi connectivity index (χ3v) is 2.99. The van der Waals surface area contributed by atoms with Gasteiger partial charge in [0.2, 0.25) is 0 Å². The van der Waals surface area contributed by atoms with Crippen LogP contribution in [0.15, 0.2) is 36.4 Å². The Morgan fingerprint density at radius 1 is 1.28 bits per heavy atom. The molecule has 0 saturated carbocycles. The summed E-state index contributed by atoms with van der Waals surface area (Å²) in [6, 6.07) is 10.5. The molecule has 0 bridgehead atoms. The van der Waals surface area contributed by atoms with Gasteiger partial charge in [-0.2, -0.15) is 0 Å². The van der Waals surface area contributed by atoms with Crippen LogP contribution in [0.2, 0.25) is 5.15 Å². The van der Waals surface area contributed by atoms with Crippen LogP contribution in [0, 0.1) is 12.7 Å². The summed E-state index contributed by atoms with van der Waals surface area (Å²) in [6.07, 6.45) is 0. The quantitative estimate of drug-likeness (QED) is 0.834. The van der Waals surface area contributed by atoms with Crippen LogP contribution in [-0.4, -0.2) is 4.98 Å². The van der Waals surface area contributed by atoms with E-state index in [1.54, 1.807) is 19.1 Å². The molecule has 0 amide bonds. The first-order valence-electron chi connectivity index (χ1n) is 5.71. The van der Waals surface area contributed by atoms with Gasteiger partial charge in [0.15, 0.2) is 0 Å². The molecule has 2 nitrogen and oxygen atoms in total. The van der Waals surface area contributed by atoms with Crippen molar-refractivity contribution in [2.75, 3.05) is 5.32 Å². The molecule has 2 rings (SSSR count). The third-order valence-electron chi connectivity index (χ3n) is 2.78. The summed E-state index contributed by atoms with van der Waals surface area (Å²) in [5, 5.41) is 3.62. The first-order valence-corrected chi connectivity index (χ1v) is 6.09. The molecule has 0 saturated heterocycles. The number of nitrogens with zero attached hydrogens (tertiary/aromatic N) is 1. The highest BCUT2D eigenvalue weighted by Gasteiger charge is 2.08. The highest BCUT2D eigenvalue weighted by molar-refractivity contribution is 6.29. The molecule has 1 aromatic carbocycles. The summed E-state index contributed by atoms with van der Waals surface area (Å²) >= 11 is 5.81. The van der Waals surface area contributed by atoms with Crippen molar-refractivity contribution in [1.82, 2.24) is 4.98 Å². The Balaban J connectivity index is 2.16. The van der Waals surface area contributed by atoms with Gasteiger partial charge in [-0.25, -0.2) is 9.37 Å². The van der Waals surface area contributed by atoms with Crippen LogP contribution in [-0.2, 0) is 0 Å². The first-order chi connectivity index (χ1) is 8.56. The second kappa shape index (κ2) is 5.36. The van der Waals surface area contributed by atoms with Crippen LogP contribution in [0.5, 0.6) is 0 Å². The molecule has 0 radical (unpaired) electrons. The molecule has 1 N–H and O–H groups in total. The molecular formula is C14H14ClFN2. The summed E-state index contributed by atoms with van der Waals surface area (Å²) in [7, 11) is 0. The minimum atomic E-state index is -0.194. The minimum Gasteiger partial charge on any atom is -0.364 e. The van der Waals surface area contributed by atoms with Gasteiger partial charge in [-0.1, -0.05) is 29.8 Å². The van der Waals surface area contributed by atoms with Crippen molar-refractivity contribution in [2.45, 2.75) is 19.9 Å². The van der Waals surface area contributed by atoms with E-state index in [4.69, 9.17) is 11.6 Å². The average Bonchev–Trinajstić information content (AvgIpc) is 2.32. The molecule has 1 heterocycles. The maximum atomic E-state index is 13.5. The van der Waals surface area contributed by atoms with E-state index < -0.39 is 0 Å². The molecule has 2 aromatic rings. The van der Waals surface area contributed by atoms with Crippen LogP contribution >= 0.6 is 11.6 Å². The van der Waals surface area contributed by atoms with E-state index >= 15 is 0 Å². The Bertz CT molecular complexity index is 557. The predicted molar refractivity (Wildman–Crippen MR) is 72.4 cm³/mol. The number of rotatable bonds is 3. The van der Waals surface area contributed by atoms with Crippen LogP contribution in [0.1, 0.15) is 24.1 Å². The minimum absolute atomic E-state index is 0.0360. The Morgan fingerprint density at radius 3 is 2.72 bits per heavy atom. The van der Waals surface area contributed by atoms with E-state index in [0.29, 0.717) is 16.5 Å². The number of aromatic nitrogens is 1. The van der Waals surface area contributed by atoms with Gasteiger partial charge in [-0.15, -0.1) is 0 Å². The van der Waals surface area contributed by atoms with Gasteiger partial charge in [0.25, 0.3) is 0 Å². The van der Waals surface area contributed by atoms with E-state index in [1.165, 1.54) is 6.07 Å². The fourth-order valence-corrected chi connectivity index (χ4v) is 1.84. The lowest BCUT2D eigenvalue weighted by Crippen LogP contribution is -2.08. The zero-order valence-electron chi connectivity index (χ0n) is 10.2. The van der Waals surface area contributed by atoms with E-state index in [2.05, 4.69) is 10.3 Å². The zero-order chi connectivity index (χ0) is 13.1. The highest BCUT2D eigenvalue weighted by Crippen LogP contribution is 2.20. The summed E-state index contributed by atoms with van der Waals surface area (Å²) in [6.45, 7) is 3.70. The molecule has 0 aliphatic rings. The van der Waals surface area contributed by atoms with Crippen LogP contribution in [0.25, 0.3) is 0 Å². The standard InChI is InChI=1S/C14H14ClFN2/c1-9-6-7-11(8-12(9)16)10(2)17-14-5-3-4-13(15)18-14/h3-8,10H,1-2H3,(H,17,18). The van der Waals surface area contributed by atoms with E-state index in [0.717, 1.165) is 5.56 Å². The zero-order valence-corrected chi connectivity index (χ0v) is 11.0. The maximum absolute atomic E-state index is 13.5. The van der Waals surface area contributed by atoms with Crippen molar-refractivity contribution in [3.05, 3.63) is 58.5 Å². The van der Waals surface area contributed by atoms with E-state index in [-0.39, 0.29) is 11.9 Å². The van der Waals surface area contributed by atoms with Crippen molar-refractivity contribution >= 4 is 17.4 Å². The third kappa shape index (κ3) is 2.99. The number of pyridine rings is 1. The Hall–Kier alpha value is -1.61. The van der Waals surface area contributed by atoms with Crippen molar-refractivity contribution in [1.29, 1.82) is 0 Å². The fraction of sp³-hybridized carbons (Fsp3) is 0.214. The molecular weight excluding hydrogens is 251 g/mol. The molecule has 0 aliphatic heterocycles. The Labute approximate surface area is 111 Å². The van der Waals surface area contributed by atoms with Crippen molar-refractivity contribution < 1.29 is 4.39 Å². The lowest BCUT2D eigenvalue weighted by atomic mass is 10.1. The lowest BCUT2D eigenvalue weighted by molar-refractivity contribution is 0.614. The second-order valence-corrected chi connectivity index (χ2v) is 4.61. The molecule has 94 valence electrons. The van der Waals surface area contributed by atoms with Crippen LogP contribution in [0.3, 0.4) is 0 Å². The average molecular weight is 265 g/mol. The molecule has 18 heavy (non-hydrogen) atoms. The molecule has 1 aromatic heterocycles. The number of hydrogen-bond acceptors (Lipinski definition) is 2. The molecule has 1 unspecified atom stereocenters. The van der Waals surface area contributed by atoms with Gasteiger partial charge in [0, 0.05) is 0 Å². The number of anilines is 1. The summed E-state index contributed by atoms with van der Waals surface area (Å²) < 4.78 is 13.5. The topological polar surface area (TPSA) is 24.9 Å². The van der Waals surface area contributed by atoms with Gasteiger partial charge in [-0.3, -0.25) is 0 Å². The van der Waals surface area contributed by atoms with Crippen LogP contribution in [0.4, 0.5) is 10.2 Å². The van der Waals surface area contributed by atoms with E-state index in [9.17, 15) is 4.39 Å². The van der Waals surface area contributed by atoms with Gasteiger partial charge in [-0.05, 0) is 43.2 Å². The first kappa shape index (κ1) is 12.8. The Kier molecular flexibility index (Phi) is 3.82. The molecule has 1 atom stereocenters. The van der Waals surface area contributed by atoms with Gasteiger partial charge in [0.05, 0.1) is 6.04 Å². The number of aryl methyl sites for hydroxylation is 1. The van der Waals surface area contributed by atoms with Crippen molar-refractivity contribution in [2.24, 2.45) is 0 Å². The van der Waals surface area contributed by atoms with Crippen molar-refractivity contribution in [3.8, 4) is 0 Å². The maximum Gasteiger partial charge on any atom is 0.131 e. The number of halogens is 2. The summed E-state index contributed by atoms with van der Waals surface area (Å²) in [4.78, 5) is 4.14. The summed E-state index contributed by atoms with van der Waals surface area (Å²) in [5.41, 5.74) is 1.52. The monoisotopic (exact) mass is 264 g/mol. The SMILES string of the molecule is Cc1ccc(C(C)Nc2cccc(Cl)n2)cc1F. The number of nitrogens with one attached hydrogen (secondary N) is 1. The normalized spacial score (nSPS) is 12.2. The molecule has 4 heteroatoms. The number of hydrogen-bond donors (Lipinski definition) is 1. The van der Waals surface area contributed by atoms with Crippen molar-refractivity contribution in [3.63, 3.8) is 0 Å². The van der Waals surface area contributed by atoms with Crippen LogP contribution < -0.4 is 5.32 Å². The highest BCUT2D eigenvalue weighted by atomic mass is 35.5. The lowest BCUT2D eigenvalue weighted by Gasteiger charge is -2.15. The second-order valence-electron chi connectivity index (χ2n) is 4.22. The fourth-order valence-electron chi connectivity index (χ4n) is 1.67. The molecule has 0 spiro atoms. The van der Waals surface area contributed by atoms with E-state index in [1.807, 2.05) is 25.1 Å². The Morgan fingerprint density at radius 2 is 2.06 bits per heavy atom. The number of benzene rings is 1. The largest absolute Gasteiger partial charge is 0.364 e. The van der Waals surface area contributed by atoms with Gasteiger partial charge in [0.1, 0.15) is 16.8 Å². The molecule has 0 fully saturated rings. The summed E-state index contributed by atoms with van der Waals surface area (Å²) in [5.74, 6) is 0.483. The van der Waals surface area contributed by atoms with Gasteiger partial charge >= 0.3 is 0 Å².